The normalized spacial score (nSPS) is 22.3. The lowest BCUT2D eigenvalue weighted by Crippen LogP contribution is -2.50. The molecular formula is C22H30N4O. The van der Waals surface area contributed by atoms with Crippen molar-refractivity contribution >= 4 is 5.91 Å². The molecule has 2 fully saturated rings. The van der Waals surface area contributed by atoms with Crippen LogP contribution in [0.2, 0.25) is 0 Å². The van der Waals surface area contributed by atoms with E-state index in [9.17, 15) is 4.79 Å². The first-order chi connectivity index (χ1) is 13.0. The van der Waals surface area contributed by atoms with Crippen LogP contribution in [0.15, 0.2) is 30.3 Å². The van der Waals surface area contributed by atoms with Gasteiger partial charge in [-0.25, -0.2) is 0 Å². The molecule has 1 atom stereocenters. The van der Waals surface area contributed by atoms with Crippen molar-refractivity contribution in [3.05, 3.63) is 52.8 Å². The molecule has 0 radical (unpaired) electrons. The summed E-state index contributed by atoms with van der Waals surface area (Å²) in [4.78, 5) is 15.1. The minimum Gasteiger partial charge on any atom is -0.350 e. The Labute approximate surface area is 161 Å². The molecule has 1 N–H and O–H groups in total. The minimum absolute atomic E-state index is 0.00465. The minimum atomic E-state index is -0.0220. The number of hydrogen-bond donors (Lipinski definition) is 1. The van der Waals surface area contributed by atoms with Gasteiger partial charge in [-0.05, 0) is 45.6 Å². The van der Waals surface area contributed by atoms with E-state index in [4.69, 9.17) is 0 Å². The molecule has 1 aromatic carbocycles. The van der Waals surface area contributed by atoms with Crippen LogP contribution >= 0.6 is 0 Å². The number of aromatic nitrogens is 2. The van der Waals surface area contributed by atoms with Gasteiger partial charge in [0.1, 0.15) is 0 Å². The number of amides is 1. The third-order valence-corrected chi connectivity index (χ3v) is 6.53. The van der Waals surface area contributed by atoms with Crippen LogP contribution in [0.25, 0.3) is 0 Å². The molecule has 2 aliphatic rings. The zero-order valence-corrected chi connectivity index (χ0v) is 16.7. The lowest BCUT2D eigenvalue weighted by molar-refractivity contribution is -0.121. The highest BCUT2D eigenvalue weighted by molar-refractivity contribution is 5.87. The van der Waals surface area contributed by atoms with Crippen LogP contribution in [-0.2, 0) is 17.9 Å². The zero-order valence-electron chi connectivity index (χ0n) is 16.7. The largest absolute Gasteiger partial charge is 0.350 e. The van der Waals surface area contributed by atoms with Crippen molar-refractivity contribution in [2.45, 2.75) is 64.6 Å². The highest BCUT2D eigenvalue weighted by atomic mass is 16.2. The number of carbonyl (C=O) groups excluding carboxylic acids is 1. The molecule has 27 heavy (non-hydrogen) atoms. The fraction of sp³-hybridized carbons (Fsp3) is 0.545. The summed E-state index contributed by atoms with van der Waals surface area (Å²) in [7, 11) is 0. The van der Waals surface area contributed by atoms with Gasteiger partial charge in [-0.1, -0.05) is 30.3 Å². The molecule has 1 spiro atoms. The average Bonchev–Trinajstić information content (AvgIpc) is 3.15. The quantitative estimate of drug-likeness (QED) is 0.904. The predicted octanol–water partition coefficient (Wildman–Crippen LogP) is 3.16. The van der Waals surface area contributed by atoms with Crippen LogP contribution in [0, 0.1) is 13.8 Å². The molecule has 4 rings (SSSR count). The number of nitrogens with zero attached hydrogens (tertiary/aromatic N) is 3. The van der Waals surface area contributed by atoms with Gasteiger partial charge in [0.05, 0.1) is 11.6 Å². The van der Waals surface area contributed by atoms with Crippen molar-refractivity contribution in [1.82, 2.24) is 20.0 Å². The van der Waals surface area contributed by atoms with Crippen molar-refractivity contribution in [2.75, 3.05) is 13.1 Å². The SMILES string of the molecule is CCn1nc(C)c(CN2CCC3(CC2)C[C@@H](c2ccccc2)C(=O)N3)c1C. The van der Waals surface area contributed by atoms with Gasteiger partial charge < -0.3 is 5.32 Å². The summed E-state index contributed by atoms with van der Waals surface area (Å²) in [5, 5.41) is 8.01. The van der Waals surface area contributed by atoms with E-state index in [2.05, 4.69) is 52.9 Å². The van der Waals surface area contributed by atoms with E-state index in [1.54, 1.807) is 0 Å². The molecule has 1 aromatic heterocycles. The molecule has 0 bridgehead atoms. The Bertz CT molecular complexity index is 818. The van der Waals surface area contributed by atoms with E-state index >= 15 is 0 Å². The van der Waals surface area contributed by atoms with E-state index in [1.165, 1.54) is 11.3 Å². The Morgan fingerprint density at radius 1 is 1.19 bits per heavy atom. The van der Waals surface area contributed by atoms with Gasteiger partial charge in [0.2, 0.25) is 5.91 Å². The first-order valence-electron chi connectivity index (χ1n) is 10.1. The molecule has 3 heterocycles. The van der Waals surface area contributed by atoms with Crippen LogP contribution in [0.3, 0.4) is 0 Å². The maximum absolute atomic E-state index is 12.6. The molecule has 2 aromatic rings. The number of benzene rings is 1. The Kier molecular flexibility index (Phi) is 4.81. The highest BCUT2D eigenvalue weighted by Gasteiger charge is 2.46. The van der Waals surface area contributed by atoms with Crippen LogP contribution < -0.4 is 5.32 Å². The number of piperidine rings is 1. The van der Waals surface area contributed by atoms with Gasteiger partial charge in [-0.15, -0.1) is 0 Å². The number of aryl methyl sites for hydroxylation is 2. The van der Waals surface area contributed by atoms with Crippen LogP contribution in [0.5, 0.6) is 0 Å². The second kappa shape index (κ2) is 7.12. The first-order valence-corrected chi connectivity index (χ1v) is 10.1. The van der Waals surface area contributed by atoms with Crippen LogP contribution in [0.4, 0.5) is 0 Å². The van der Waals surface area contributed by atoms with Crippen LogP contribution in [0.1, 0.15) is 54.6 Å². The fourth-order valence-electron chi connectivity index (χ4n) is 4.80. The van der Waals surface area contributed by atoms with E-state index in [0.717, 1.165) is 56.7 Å². The van der Waals surface area contributed by atoms with Crippen molar-refractivity contribution < 1.29 is 4.79 Å². The summed E-state index contributed by atoms with van der Waals surface area (Å²) >= 11 is 0. The van der Waals surface area contributed by atoms with Crippen molar-refractivity contribution in [3.8, 4) is 0 Å². The van der Waals surface area contributed by atoms with Gasteiger partial charge in [-0.3, -0.25) is 14.4 Å². The molecule has 5 heteroatoms. The Balaban J connectivity index is 1.41. The number of hydrogen-bond acceptors (Lipinski definition) is 3. The fourth-order valence-corrected chi connectivity index (χ4v) is 4.80. The standard InChI is InChI=1S/C22H30N4O/c1-4-26-17(3)20(16(2)24-26)15-25-12-10-22(11-13-25)14-19(21(27)23-22)18-8-6-5-7-9-18/h5-9,19H,4,10-15H2,1-3H3,(H,23,27)/t19-/m0/s1. The summed E-state index contributed by atoms with van der Waals surface area (Å²) < 4.78 is 2.09. The Morgan fingerprint density at radius 2 is 1.89 bits per heavy atom. The van der Waals surface area contributed by atoms with E-state index in [0.29, 0.717) is 0 Å². The summed E-state index contributed by atoms with van der Waals surface area (Å²) in [6, 6.07) is 10.2. The van der Waals surface area contributed by atoms with Gasteiger partial charge in [0.15, 0.2) is 0 Å². The number of carbonyl (C=O) groups is 1. The van der Waals surface area contributed by atoms with Crippen LogP contribution in [-0.4, -0.2) is 39.2 Å². The molecule has 2 aliphatic heterocycles. The number of nitrogens with one attached hydrogen (secondary N) is 1. The van der Waals surface area contributed by atoms with Crippen molar-refractivity contribution in [1.29, 1.82) is 0 Å². The van der Waals surface area contributed by atoms with E-state index in [-0.39, 0.29) is 17.4 Å². The highest BCUT2D eigenvalue weighted by Crippen LogP contribution is 2.39. The zero-order chi connectivity index (χ0) is 19.0. The third-order valence-electron chi connectivity index (χ3n) is 6.53. The summed E-state index contributed by atoms with van der Waals surface area (Å²) in [6.45, 7) is 10.4. The summed E-state index contributed by atoms with van der Waals surface area (Å²) in [6.07, 6.45) is 2.99. The number of rotatable bonds is 4. The van der Waals surface area contributed by atoms with E-state index in [1.807, 2.05) is 18.2 Å². The number of likely N-dealkylation sites (tertiary alicyclic amines) is 1. The predicted molar refractivity (Wildman–Crippen MR) is 107 cm³/mol. The molecule has 2 saturated heterocycles. The maximum Gasteiger partial charge on any atom is 0.228 e. The summed E-state index contributed by atoms with van der Waals surface area (Å²) in [5.74, 6) is 0.204. The first kappa shape index (κ1) is 18.2. The van der Waals surface area contributed by atoms with Gasteiger partial charge in [0, 0.05) is 43.0 Å². The summed E-state index contributed by atoms with van der Waals surface area (Å²) in [5.41, 5.74) is 4.92. The topological polar surface area (TPSA) is 50.2 Å². The molecule has 0 saturated carbocycles. The molecule has 5 nitrogen and oxygen atoms in total. The van der Waals surface area contributed by atoms with Crippen molar-refractivity contribution in [2.24, 2.45) is 0 Å². The second-order valence-electron chi connectivity index (χ2n) is 8.18. The van der Waals surface area contributed by atoms with Gasteiger partial charge in [0.25, 0.3) is 0 Å². The molecule has 0 aliphatic carbocycles. The molecular weight excluding hydrogens is 336 g/mol. The third kappa shape index (κ3) is 3.41. The average molecular weight is 367 g/mol. The molecule has 0 unspecified atom stereocenters. The monoisotopic (exact) mass is 366 g/mol. The molecule has 144 valence electrons. The van der Waals surface area contributed by atoms with Gasteiger partial charge >= 0.3 is 0 Å². The second-order valence-corrected chi connectivity index (χ2v) is 8.18. The molecule has 1 amide bonds. The smallest absolute Gasteiger partial charge is 0.228 e. The Morgan fingerprint density at radius 3 is 2.52 bits per heavy atom. The Hall–Kier alpha value is -2.14. The van der Waals surface area contributed by atoms with Crippen molar-refractivity contribution in [3.63, 3.8) is 0 Å². The lowest BCUT2D eigenvalue weighted by atomic mass is 9.82. The lowest BCUT2D eigenvalue weighted by Gasteiger charge is -2.39. The van der Waals surface area contributed by atoms with E-state index < -0.39 is 0 Å². The maximum atomic E-state index is 12.6. The van der Waals surface area contributed by atoms with Gasteiger partial charge in [-0.2, -0.15) is 5.10 Å².